The molecule has 2 heterocycles. The number of hydrogen-bond acceptors (Lipinski definition) is 4. The van der Waals surface area contributed by atoms with Crippen LogP contribution in [0.2, 0.25) is 0 Å². The van der Waals surface area contributed by atoms with Crippen LogP contribution in [0.3, 0.4) is 0 Å². The van der Waals surface area contributed by atoms with Crippen LogP contribution in [0.1, 0.15) is 27.2 Å². The Labute approximate surface area is 121 Å². The Kier molecular flexibility index (Phi) is 5.07. The van der Waals surface area contributed by atoms with Gasteiger partial charge < -0.3 is 9.84 Å². The van der Waals surface area contributed by atoms with Crippen LogP contribution in [0, 0.1) is 11.8 Å². The molecule has 4 atom stereocenters. The van der Waals surface area contributed by atoms with Crippen molar-refractivity contribution in [1.82, 2.24) is 8.61 Å². The second-order valence-electron chi connectivity index (χ2n) is 6.34. The standard InChI is InChI=1S/C13H26N2O4S/c1-10-4-11(2)6-14(5-10)20(17,18)15-7-12(3)19-13(8-15)9-16/h10-13,16H,4-9H2,1-3H3. The highest BCUT2D eigenvalue weighted by atomic mass is 32.2. The average Bonchev–Trinajstić information content (AvgIpc) is 2.36. The van der Waals surface area contributed by atoms with Crippen molar-refractivity contribution in [3.63, 3.8) is 0 Å². The van der Waals surface area contributed by atoms with E-state index >= 15 is 0 Å². The number of rotatable bonds is 3. The Morgan fingerprint density at radius 2 is 1.60 bits per heavy atom. The van der Waals surface area contributed by atoms with E-state index in [9.17, 15) is 13.5 Å². The molecule has 0 bridgehead atoms. The van der Waals surface area contributed by atoms with Crippen molar-refractivity contribution in [2.75, 3.05) is 32.8 Å². The minimum Gasteiger partial charge on any atom is -0.394 e. The van der Waals surface area contributed by atoms with Gasteiger partial charge >= 0.3 is 0 Å². The molecule has 0 amide bonds. The molecule has 2 fully saturated rings. The maximum Gasteiger partial charge on any atom is 0.282 e. The Morgan fingerprint density at radius 3 is 2.15 bits per heavy atom. The molecule has 0 aromatic heterocycles. The summed E-state index contributed by atoms with van der Waals surface area (Å²) in [5.41, 5.74) is 0. The van der Waals surface area contributed by atoms with E-state index in [0.29, 0.717) is 31.5 Å². The van der Waals surface area contributed by atoms with Crippen molar-refractivity contribution in [3.8, 4) is 0 Å². The van der Waals surface area contributed by atoms with E-state index in [0.717, 1.165) is 6.42 Å². The maximum absolute atomic E-state index is 12.8. The Bertz CT molecular complexity index is 418. The lowest BCUT2D eigenvalue weighted by Crippen LogP contribution is -2.56. The van der Waals surface area contributed by atoms with Crippen LogP contribution >= 0.6 is 0 Å². The summed E-state index contributed by atoms with van der Waals surface area (Å²) < 4.78 is 34.1. The van der Waals surface area contributed by atoms with E-state index in [1.54, 1.807) is 4.31 Å². The predicted molar refractivity (Wildman–Crippen MR) is 76.4 cm³/mol. The summed E-state index contributed by atoms with van der Waals surface area (Å²) in [5, 5.41) is 9.23. The molecule has 0 saturated carbocycles. The van der Waals surface area contributed by atoms with E-state index < -0.39 is 16.3 Å². The van der Waals surface area contributed by atoms with E-state index in [-0.39, 0.29) is 19.3 Å². The fourth-order valence-electron chi connectivity index (χ4n) is 3.25. The number of nitrogens with zero attached hydrogens (tertiary/aromatic N) is 2. The first kappa shape index (κ1) is 16.2. The third-order valence-electron chi connectivity index (χ3n) is 3.98. The van der Waals surface area contributed by atoms with Gasteiger partial charge in [-0.3, -0.25) is 0 Å². The van der Waals surface area contributed by atoms with Gasteiger partial charge in [0.05, 0.1) is 18.8 Å². The topological polar surface area (TPSA) is 70.1 Å². The SMILES string of the molecule is CC1CC(C)CN(S(=O)(=O)N2CC(C)OC(CO)C2)C1. The van der Waals surface area contributed by atoms with E-state index in [1.807, 2.05) is 6.92 Å². The summed E-state index contributed by atoms with van der Waals surface area (Å²) in [6.45, 7) is 7.65. The summed E-state index contributed by atoms with van der Waals surface area (Å²) in [6.07, 6.45) is 0.466. The third-order valence-corrected chi connectivity index (χ3v) is 5.89. The summed E-state index contributed by atoms with van der Waals surface area (Å²) in [5.74, 6) is 0.779. The summed E-state index contributed by atoms with van der Waals surface area (Å²) in [7, 11) is -3.45. The monoisotopic (exact) mass is 306 g/mol. The molecule has 1 N–H and O–H groups in total. The van der Waals surface area contributed by atoms with Crippen LogP contribution in [0.4, 0.5) is 0 Å². The molecule has 2 aliphatic heterocycles. The number of hydrogen-bond donors (Lipinski definition) is 1. The van der Waals surface area contributed by atoms with Gasteiger partial charge in [-0.25, -0.2) is 0 Å². The first-order valence-corrected chi connectivity index (χ1v) is 8.74. The molecule has 0 radical (unpaired) electrons. The fraction of sp³-hybridized carbons (Fsp3) is 1.00. The average molecular weight is 306 g/mol. The summed E-state index contributed by atoms with van der Waals surface area (Å²) in [6, 6.07) is 0. The fourth-order valence-corrected chi connectivity index (χ4v) is 5.21. The zero-order valence-corrected chi connectivity index (χ0v) is 13.3. The van der Waals surface area contributed by atoms with E-state index in [2.05, 4.69) is 13.8 Å². The Balaban J connectivity index is 2.12. The highest BCUT2D eigenvalue weighted by Gasteiger charge is 2.38. The smallest absolute Gasteiger partial charge is 0.282 e. The van der Waals surface area contributed by atoms with Crippen LogP contribution in [-0.4, -0.2) is 67.1 Å². The van der Waals surface area contributed by atoms with Gasteiger partial charge in [0.2, 0.25) is 0 Å². The third kappa shape index (κ3) is 3.51. The van der Waals surface area contributed by atoms with Gasteiger partial charge in [-0.15, -0.1) is 0 Å². The molecule has 6 nitrogen and oxygen atoms in total. The molecule has 4 unspecified atom stereocenters. The van der Waals surface area contributed by atoms with Gasteiger partial charge in [0, 0.05) is 26.2 Å². The van der Waals surface area contributed by atoms with Gasteiger partial charge in [-0.2, -0.15) is 17.0 Å². The molecule has 2 saturated heterocycles. The Morgan fingerprint density at radius 1 is 1.05 bits per heavy atom. The zero-order chi connectivity index (χ0) is 14.9. The maximum atomic E-state index is 12.8. The first-order valence-electron chi connectivity index (χ1n) is 7.34. The van der Waals surface area contributed by atoms with Gasteiger partial charge in [0.15, 0.2) is 0 Å². The van der Waals surface area contributed by atoms with Crippen molar-refractivity contribution >= 4 is 10.2 Å². The van der Waals surface area contributed by atoms with Gasteiger partial charge in [0.25, 0.3) is 10.2 Å². The quantitative estimate of drug-likeness (QED) is 0.814. The molecule has 0 aromatic rings. The van der Waals surface area contributed by atoms with Gasteiger partial charge in [0.1, 0.15) is 0 Å². The van der Waals surface area contributed by atoms with Crippen molar-refractivity contribution in [1.29, 1.82) is 0 Å². The van der Waals surface area contributed by atoms with Crippen LogP contribution < -0.4 is 0 Å². The molecule has 0 aromatic carbocycles. The Hall–Kier alpha value is -0.210. The minimum atomic E-state index is -3.45. The summed E-state index contributed by atoms with van der Waals surface area (Å²) >= 11 is 0. The second kappa shape index (κ2) is 6.27. The normalized spacial score (nSPS) is 38.0. The number of morpholine rings is 1. The number of ether oxygens (including phenoxy) is 1. The van der Waals surface area contributed by atoms with Gasteiger partial charge in [-0.05, 0) is 25.2 Å². The number of aliphatic hydroxyl groups is 1. The van der Waals surface area contributed by atoms with Crippen molar-refractivity contribution in [2.24, 2.45) is 11.8 Å². The molecule has 2 rings (SSSR count). The van der Waals surface area contributed by atoms with Crippen molar-refractivity contribution < 1.29 is 18.3 Å². The first-order chi connectivity index (χ1) is 9.32. The van der Waals surface area contributed by atoms with Crippen molar-refractivity contribution in [3.05, 3.63) is 0 Å². The largest absolute Gasteiger partial charge is 0.394 e. The number of piperidine rings is 1. The van der Waals surface area contributed by atoms with Crippen LogP contribution in [0.5, 0.6) is 0 Å². The van der Waals surface area contributed by atoms with Gasteiger partial charge in [-0.1, -0.05) is 13.8 Å². The lowest BCUT2D eigenvalue weighted by atomic mass is 9.94. The minimum absolute atomic E-state index is 0.150. The molecule has 7 heteroatoms. The molecular formula is C13H26N2O4S. The lowest BCUT2D eigenvalue weighted by molar-refractivity contribution is -0.0763. The number of aliphatic hydroxyl groups excluding tert-OH is 1. The van der Waals surface area contributed by atoms with Crippen LogP contribution in [0.15, 0.2) is 0 Å². The van der Waals surface area contributed by atoms with Crippen LogP contribution in [-0.2, 0) is 14.9 Å². The van der Waals surface area contributed by atoms with Crippen molar-refractivity contribution in [2.45, 2.75) is 39.4 Å². The molecular weight excluding hydrogens is 280 g/mol. The molecule has 118 valence electrons. The second-order valence-corrected chi connectivity index (χ2v) is 8.27. The summed E-state index contributed by atoms with van der Waals surface area (Å²) in [4.78, 5) is 0. The molecule has 20 heavy (non-hydrogen) atoms. The molecule has 0 spiro atoms. The predicted octanol–water partition coefficient (Wildman–Crippen LogP) is 0.291. The zero-order valence-electron chi connectivity index (χ0n) is 12.5. The highest BCUT2D eigenvalue weighted by molar-refractivity contribution is 7.86. The van der Waals surface area contributed by atoms with E-state index in [4.69, 9.17) is 4.74 Å². The molecule has 0 aliphatic carbocycles. The molecule has 2 aliphatic rings. The lowest BCUT2D eigenvalue weighted by Gasteiger charge is -2.41. The van der Waals surface area contributed by atoms with E-state index in [1.165, 1.54) is 4.31 Å². The van der Waals surface area contributed by atoms with Crippen LogP contribution in [0.25, 0.3) is 0 Å². The highest BCUT2D eigenvalue weighted by Crippen LogP contribution is 2.26.